The lowest BCUT2D eigenvalue weighted by atomic mass is 10.4. The molecule has 3 rings (SSSR count). The Morgan fingerprint density at radius 2 is 2.53 bits per heavy atom. The van der Waals surface area contributed by atoms with E-state index in [2.05, 4.69) is 21.6 Å². The Balaban J connectivity index is 1.59. The van der Waals surface area contributed by atoms with E-state index in [9.17, 15) is 0 Å². The molecule has 0 saturated carbocycles. The first-order chi connectivity index (χ1) is 7.43. The fourth-order valence-corrected chi connectivity index (χ4v) is 1.81. The maximum absolute atomic E-state index is 5.33. The van der Waals surface area contributed by atoms with Crippen molar-refractivity contribution in [3.63, 3.8) is 0 Å². The summed E-state index contributed by atoms with van der Waals surface area (Å²) in [6.45, 7) is 2.47. The number of aliphatic imine (C=N–C) groups is 1. The molecule has 80 valence electrons. The molecule has 0 aromatic carbocycles. The molecule has 1 unspecified atom stereocenters. The Bertz CT molecular complexity index is 329. The van der Waals surface area contributed by atoms with Crippen LogP contribution < -0.4 is 5.43 Å². The third-order valence-corrected chi connectivity index (χ3v) is 2.61. The van der Waals surface area contributed by atoms with Gasteiger partial charge in [-0.1, -0.05) is 0 Å². The van der Waals surface area contributed by atoms with Crippen molar-refractivity contribution < 1.29 is 4.74 Å². The van der Waals surface area contributed by atoms with Crippen LogP contribution in [-0.2, 0) is 4.74 Å². The Labute approximate surface area is 87.9 Å². The average Bonchev–Trinajstić information content (AvgIpc) is 3.02. The van der Waals surface area contributed by atoms with Crippen LogP contribution in [0.1, 0.15) is 6.42 Å². The summed E-state index contributed by atoms with van der Waals surface area (Å²) in [4.78, 5) is 4.04. The van der Waals surface area contributed by atoms with E-state index in [1.165, 1.54) is 6.40 Å². The summed E-state index contributed by atoms with van der Waals surface area (Å²) in [5, 5.41) is 8.25. The van der Waals surface area contributed by atoms with E-state index in [0.717, 1.165) is 25.3 Å². The summed E-state index contributed by atoms with van der Waals surface area (Å²) < 4.78 is 5.33. The lowest BCUT2D eigenvalue weighted by Gasteiger charge is -2.25. The van der Waals surface area contributed by atoms with Crippen molar-refractivity contribution in [1.82, 2.24) is 15.4 Å². The van der Waals surface area contributed by atoms with Crippen LogP contribution in [0.2, 0.25) is 0 Å². The molecule has 0 aliphatic carbocycles. The first-order valence-corrected chi connectivity index (χ1v) is 5.11. The predicted octanol–water partition coefficient (Wildman–Crippen LogP) is -0.276. The highest BCUT2D eigenvalue weighted by Gasteiger charge is 2.27. The van der Waals surface area contributed by atoms with Gasteiger partial charge in [0.15, 0.2) is 12.6 Å². The van der Waals surface area contributed by atoms with Crippen molar-refractivity contribution in [1.29, 1.82) is 0 Å². The summed E-state index contributed by atoms with van der Waals surface area (Å²) in [5.41, 5.74) is 3.28. The molecule has 3 aliphatic heterocycles. The van der Waals surface area contributed by atoms with E-state index in [1.54, 1.807) is 0 Å². The van der Waals surface area contributed by atoms with Gasteiger partial charge in [-0.05, 0) is 6.08 Å². The van der Waals surface area contributed by atoms with Gasteiger partial charge in [-0.2, -0.15) is 10.1 Å². The second-order valence-electron chi connectivity index (χ2n) is 3.62. The van der Waals surface area contributed by atoms with Gasteiger partial charge in [-0.25, -0.2) is 5.01 Å². The van der Waals surface area contributed by atoms with E-state index >= 15 is 0 Å². The van der Waals surface area contributed by atoms with Gasteiger partial charge in [0.2, 0.25) is 0 Å². The molecular weight excluding hydrogens is 194 g/mol. The molecule has 15 heavy (non-hydrogen) atoms. The Hall–Kier alpha value is -1.56. The van der Waals surface area contributed by atoms with Gasteiger partial charge in [-0.3, -0.25) is 4.99 Å². The number of nitrogens with one attached hydrogen (secondary N) is 1. The summed E-state index contributed by atoms with van der Waals surface area (Å²) in [6, 6.07) is 0. The topological polar surface area (TPSA) is 52.5 Å². The van der Waals surface area contributed by atoms with Crippen LogP contribution in [0.5, 0.6) is 0 Å². The van der Waals surface area contributed by atoms with Gasteiger partial charge in [0.1, 0.15) is 5.82 Å². The number of nitrogens with zero attached hydrogens (tertiary/aromatic N) is 4. The van der Waals surface area contributed by atoms with Crippen molar-refractivity contribution in [3.8, 4) is 0 Å². The zero-order chi connectivity index (χ0) is 10.1. The minimum Gasteiger partial charge on any atom is -0.461 e. The Morgan fingerprint density at radius 3 is 3.27 bits per heavy atom. The molecule has 6 nitrogen and oxygen atoms in total. The average molecular weight is 207 g/mol. The lowest BCUT2D eigenvalue weighted by molar-refractivity contribution is 0.0238. The van der Waals surface area contributed by atoms with Gasteiger partial charge < -0.3 is 10.2 Å². The summed E-state index contributed by atoms with van der Waals surface area (Å²) in [6.07, 6.45) is 6.59. The molecule has 3 aliphatic rings. The number of rotatable bonds is 2. The van der Waals surface area contributed by atoms with Gasteiger partial charge >= 0.3 is 0 Å². The first-order valence-electron chi connectivity index (χ1n) is 5.11. The van der Waals surface area contributed by atoms with Gasteiger partial charge in [-0.15, -0.1) is 0 Å². The molecule has 0 amide bonds. The van der Waals surface area contributed by atoms with Crippen molar-refractivity contribution in [2.45, 2.75) is 12.6 Å². The maximum Gasteiger partial charge on any atom is 0.189 e. The number of hydrazine groups is 1. The SMILES string of the molecule is C1=NCC(N2CC=C(N3CCC=N3)N2)O1. The zero-order valence-corrected chi connectivity index (χ0v) is 8.33. The normalized spacial score (nSPS) is 29.5. The third kappa shape index (κ3) is 1.56. The monoisotopic (exact) mass is 207 g/mol. The molecule has 0 aromatic heterocycles. The van der Waals surface area contributed by atoms with E-state index in [4.69, 9.17) is 4.74 Å². The van der Waals surface area contributed by atoms with E-state index in [-0.39, 0.29) is 6.23 Å². The van der Waals surface area contributed by atoms with Crippen molar-refractivity contribution in [2.75, 3.05) is 19.6 Å². The molecule has 1 atom stereocenters. The second kappa shape index (κ2) is 3.54. The van der Waals surface area contributed by atoms with Crippen LogP contribution in [0.25, 0.3) is 0 Å². The smallest absolute Gasteiger partial charge is 0.189 e. The number of ether oxygens (including phenoxy) is 1. The molecule has 6 heteroatoms. The van der Waals surface area contributed by atoms with Crippen molar-refractivity contribution >= 4 is 12.6 Å². The maximum atomic E-state index is 5.33. The van der Waals surface area contributed by atoms with Crippen LogP contribution in [0.4, 0.5) is 0 Å². The fourth-order valence-electron chi connectivity index (χ4n) is 1.81. The molecule has 0 saturated heterocycles. The van der Waals surface area contributed by atoms with Crippen LogP contribution in [-0.4, -0.2) is 48.5 Å². The largest absolute Gasteiger partial charge is 0.461 e. The standard InChI is InChI=1S/C9H13N5O/c1-3-11-13(4-1)8-2-5-14(12-8)9-6-10-7-15-9/h2-3,7,9,12H,1,4-6H2. The van der Waals surface area contributed by atoms with Gasteiger partial charge in [0.25, 0.3) is 0 Å². The molecule has 0 spiro atoms. The minimum atomic E-state index is 0.0188. The van der Waals surface area contributed by atoms with Gasteiger partial charge in [0.05, 0.1) is 6.54 Å². The van der Waals surface area contributed by atoms with Gasteiger partial charge in [0, 0.05) is 25.7 Å². The third-order valence-electron chi connectivity index (χ3n) is 2.61. The van der Waals surface area contributed by atoms with Crippen LogP contribution >= 0.6 is 0 Å². The highest BCUT2D eigenvalue weighted by atomic mass is 16.5. The van der Waals surface area contributed by atoms with E-state index in [0.29, 0.717) is 6.54 Å². The zero-order valence-electron chi connectivity index (χ0n) is 8.33. The summed E-state index contributed by atoms with van der Waals surface area (Å²) in [5.74, 6) is 1.04. The van der Waals surface area contributed by atoms with E-state index < -0.39 is 0 Å². The predicted molar refractivity (Wildman–Crippen MR) is 56.0 cm³/mol. The number of hydrogen-bond donors (Lipinski definition) is 1. The molecule has 1 N–H and O–H groups in total. The van der Waals surface area contributed by atoms with Crippen molar-refractivity contribution in [3.05, 3.63) is 11.9 Å². The van der Waals surface area contributed by atoms with E-state index in [1.807, 2.05) is 16.2 Å². The number of hydrazone groups is 1. The van der Waals surface area contributed by atoms with Crippen LogP contribution in [0.15, 0.2) is 22.0 Å². The molecular formula is C9H13N5O. The fraction of sp³-hybridized carbons (Fsp3) is 0.556. The quantitative estimate of drug-likeness (QED) is 0.677. The summed E-state index contributed by atoms with van der Waals surface area (Å²) in [7, 11) is 0. The lowest BCUT2D eigenvalue weighted by Crippen LogP contribution is -2.44. The highest BCUT2D eigenvalue weighted by Crippen LogP contribution is 2.15. The Kier molecular flexibility index (Phi) is 2.06. The summed E-state index contributed by atoms with van der Waals surface area (Å²) >= 11 is 0. The highest BCUT2D eigenvalue weighted by molar-refractivity contribution is 5.59. The molecule has 0 bridgehead atoms. The Morgan fingerprint density at radius 1 is 1.53 bits per heavy atom. The molecule has 0 fully saturated rings. The second-order valence-corrected chi connectivity index (χ2v) is 3.62. The number of hydrogen-bond acceptors (Lipinski definition) is 6. The molecule has 0 aromatic rings. The van der Waals surface area contributed by atoms with Crippen molar-refractivity contribution in [2.24, 2.45) is 10.1 Å². The minimum absolute atomic E-state index is 0.0188. The molecule has 3 heterocycles. The van der Waals surface area contributed by atoms with Crippen LogP contribution in [0, 0.1) is 0 Å². The van der Waals surface area contributed by atoms with Crippen LogP contribution in [0.3, 0.4) is 0 Å². The first kappa shape index (κ1) is 8.72. The molecule has 0 radical (unpaired) electrons.